The number of hydrogen-bond donors (Lipinski definition) is 2. The minimum Gasteiger partial charge on any atom is -0.467 e. The number of benzene rings is 1. The predicted octanol–water partition coefficient (Wildman–Crippen LogP) is 4.16. The van der Waals surface area contributed by atoms with Crippen LogP contribution in [-0.4, -0.2) is 36.6 Å². The Labute approximate surface area is 196 Å². The van der Waals surface area contributed by atoms with Gasteiger partial charge in [-0.2, -0.15) is 0 Å². The summed E-state index contributed by atoms with van der Waals surface area (Å²) in [5, 5.41) is 7.82. The quantitative estimate of drug-likeness (QED) is 0.537. The topological polar surface area (TPSA) is 83.8 Å². The van der Waals surface area contributed by atoms with Gasteiger partial charge in [-0.3, -0.25) is 4.90 Å². The summed E-state index contributed by atoms with van der Waals surface area (Å²) in [5.74, 6) is 0.0228. The molecule has 7 nitrogen and oxygen atoms in total. The molecule has 2 aliphatic heterocycles. The number of ether oxygens (including phenoxy) is 1. The Balaban J connectivity index is 1.56. The number of thiophene rings is 1. The summed E-state index contributed by atoms with van der Waals surface area (Å²) in [5.41, 5.74) is 3.36. The predicted molar refractivity (Wildman–Crippen MR) is 125 cm³/mol. The van der Waals surface area contributed by atoms with Crippen molar-refractivity contribution in [2.45, 2.75) is 25.4 Å². The van der Waals surface area contributed by atoms with Crippen LogP contribution in [0.3, 0.4) is 0 Å². The lowest BCUT2D eigenvalue weighted by Crippen LogP contribution is -2.49. The van der Waals surface area contributed by atoms with E-state index < -0.39 is 12.0 Å². The molecule has 0 bridgehead atoms. The van der Waals surface area contributed by atoms with Gasteiger partial charge >= 0.3 is 12.0 Å². The molecule has 8 heteroatoms. The molecular formula is C25H25N3O4S. The molecule has 2 N–H and O–H groups in total. The molecule has 2 aliphatic rings. The van der Waals surface area contributed by atoms with Crippen LogP contribution in [0.25, 0.3) is 0 Å². The highest BCUT2D eigenvalue weighted by molar-refractivity contribution is 7.10. The van der Waals surface area contributed by atoms with Crippen LogP contribution in [0.15, 0.2) is 75.9 Å². The van der Waals surface area contributed by atoms with Crippen molar-refractivity contribution in [3.05, 3.63) is 93.2 Å². The van der Waals surface area contributed by atoms with Crippen LogP contribution >= 0.6 is 11.3 Å². The van der Waals surface area contributed by atoms with Gasteiger partial charge in [-0.1, -0.05) is 30.3 Å². The molecule has 3 aromatic rings. The number of fused-ring (bicyclic) bond motifs is 1. The molecule has 5 rings (SSSR count). The molecule has 0 spiro atoms. The molecule has 0 saturated carbocycles. The monoisotopic (exact) mass is 463 g/mol. The fourth-order valence-electron chi connectivity index (χ4n) is 4.63. The zero-order valence-corrected chi connectivity index (χ0v) is 19.1. The van der Waals surface area contributed by atoms with Gasteiger partial charge in [-0.25, -0.2) is 9.59 Å². The highest BCUT2D eigenvalue weighted by atomic mass is 32.1. The Morgan fingerprint density at radius 2 is 2.06 bits per heavy atom. The number of esters is 1. The maximum Gasteiger partial charge on any atom is 0.338 e. The Morgan fingerprint density at radius 3 is 2.82 bits per heavy atom. The Bertz CT molecular complexity index is 1170. The normalized spacial score (nSPS) is 20.7. The van der Waals surface area contributed by atoms with Crippen molar-refractivity contribution in [3.8, 4) is 0 Å². The number of furan rings is 1. The molecule has 0 aliphatic carbocycles. The average molecular weight is 464 g/mol. The summed E-state index contributed by atoms with van der Waals surface area (Å²) in [6, 6.07) is 14.9. The first-order valence-electron chi connectivity index (χ1n) is 11.0. The molecule has 2 amide bonds. The van der Waals surface area contributed by atoms with Gasteiger partial charge in [0.05, 0.1) is 24.5 Å². The van der Waals surface area contributed by atoms with E-state index in [0.717, 1.165) is 13.0 Å². The minimum atomic E-state index is -0.709. The van der Waals surface area contributed by atoms with Gasteiger partial charge in [0.25, 0.3) is 0 Å². The fourth-order valence-corrected chi connectivity index (χ4v) is 5.53. The third-order valence-corrected chi connectivity index (χ3v) is 7.02. The maximum atomic E-state index is 13.0. The van der Waals surface area contributed by atoms with Gasteiger partial charge in [0, 0.05) is 23.7 Å². The largest absolute Gasteiger partial charge is 0.467 e. The number of carbonyl (C=O) groups excluding carboxylic acids is 2. The first kappa shape index (κ1) is 21.5. The van der Waals surface area contributed by atoms with Crippen molar-refractivity contribution in [3.63, 3.8) is 0 Å². The van der Waals surface area contributed by atoms with Crippen molar-refractivity contribution in [1.29, 1.82) is 0 Å². The first-order chi connectivity index (χ1) is 16.2. The number of nitrogens with zero attached hydrogens (tertiary/aromatic N) is 1. The van der Waals surface area contributed by atoms with E-state index in [1.807, 2.05) is 18.2 Å². The average Bonchev–Trinajstić information content (AvgIpc) is 3.51. The summed E-state index contributed by atoms with van der Waals surface area (Å²) in [6.45, 7) is 3.21. The van der Waals surface area contributed by atoms with Crippen LogP contribution in [0.1, 0.15) is 40.8 Å². The van der Waals surface area contributed by atoms with Crippen molar-refractivity contribution in [2.75, 3.05) is 19.7 Å². The van der Waals surface area contributed by atoms with Gasteiger partial charge in [-0.05, 0) is 48.1 Å². The summed E-state index contributed by atoms with van der Waals surface area (Å²) >= 11 is 1.78. The Kier molecular flexibility index (Phi) is 6.02. The second-order valence-electron chi connectivity index (χ2n) is 7.99. The van der Waals surface area contributed by atoms with Gasteiger partial charge in [-0.15, -0.1) is 11.3 Å². The summed E-state index contributed by atoms with van der Waals surface area (Å²) in [7, 11) is 0. The van der Waals surface area contributed by atoms with Crippen molar-refractivity contribution in [1.82, 2.24) is 15.5 Å². The molecule has 0 fully saturated rings. The smallest absolute Gasteiger partial charge is 0.338 e. The molecular weight excluding hydrogens is 438 g/mol. The number of hydrogen-bond acceptors (Lipinski definition) is 6. The molecule has 1 aromatic carbocycles. The van der Waals surface area contributed by atoms with Gasteiger partial charge in [0.15, 0.2) is 0 Å². The second kappa shape index (κ2) is 9.25. The number of rotatable bonds is 6. The fraction of sp³-hybridized carbons (Fsp3) is 0.280. The van der Waals surface area contributed by atoms with Crippen LogP contribution < -0.4 is 10.6 Å². The number of urea groups is 1. The van der Waals surface area contributed by atoms with E-state index >= 15 is 0 Å². The zero-order valence-electron chi connectivity index (χ0n) is 18.2. The Morgan fingerprint density at radius 1 is 1.21 bits per heavy atom. The molecule has 33 heavy (non-hydrogen) atoms. The van der Waals surface area contributed by atoms with Crippen molar-refractivity contribution >= 4 is 23.3 Å². The number of nitrogens with one attached hydrogen (secondary N) is 2. The molecule has 2 unspecified atom stereocenters. The van der Waals surface area contributed by atoms with E-state index in [4.69, 9.17) is 9.15 Å². The minimum absolute atomic E-state index is 0.0333. The molecule has 2 aromatic heterocycles. The van der Waals surface area contributed by atoms with Gasteiger partial charge in [0.1, 0.15) is 11.8 Å². The van der Waals surface area contributed by atoms with Crippen LogP contribution in [0.2, 0.25) is 0 Å². The SMILES string of the molecule is CCOC(=O)C1=C(CN2CCc3sccc3C2c2ccccc2)NC(=O)NC1c1ccco1. The van der Waals surface area contributed by atoms with E-state index in [2.05, 4.69) is 39.1 Å². The van der Waals surface area contributed by atoms with Crippen LogP contribution in [0.5, 0.6) is 0 Å². The highest BCUT2D eigenvalue weighted by Crippen LogP contribution is 2.39. The van der Waals surface area contributed by atoms with Crippen LogP contribution in [0.4, 0.5) is 4.79 Å². The highest BCUT2D eigenvalue weighted by Gasteiger charge is 2.38. The first-order valence-corrected chi connectivity index (χ1v) is 11.9. The maximum absolute atomic E-state index is 13.0. The molecule has 2 atom stereocenters. The van der Waals surface area contributed by atoms with Crippen LogP contribution in [-0.2, 0) is 16.0 Å². The van der Waals surface area contributed by atoms with E-state index in [0.29, 0.717) is 23.6 Å². The van der Waals surface area contributed by atoms with Gasteiger partial charge in [0.2, 0.25) is 0 Å². The third-order valence-electron chi connectivity index (χ3n) is 6.02. The van der Waals surface area contributed by atoms with Gasteiger partial charge < -0.3 is 19.8 Å². The number of amides is 2. The van der Waals surface area contributed by atoms with E-state index in [-0.39, 0.29) is 18.7 Å². The van der Waals surface area contributed by atoms with Crippen LogP contribution in [0, 0.1) is 0 Å². The summed E-state index contributed by atoms with van der Waals surface area (Å²) in [4.78, 5) is 29.3. The molecule has 0 saturated heterocycles. The Hall–Kier alpha value is -3.36. The lowest BCUT2D eigenvalue weighted by molar-refractivity contribution is -0.139. The van der Waals surface area contributed by atoms with E-state index in [1.165, 1.54) is 22.3 Å². The lowest BCUT2D eigenvalue weighted by Gasteiger charge is -2.38. The molecule has 4 heterocycles. The summed E-state index contributed by atoms with van der Waals surface area (Å²) in [6.07, 6.45) is 2.45. The lowest BCUT2D eigenvalue weighted by atomic mass is 9.92. The van der Waals surface area contributed by atoms with E-state index in [9.17, 15) is 9.59 Å². The molecule has 0 radical (unpaired) electrons. The third kappa shape index (κ3) is 4.19. The van der Waals surface area contributed by atoms with E-state index in [1.54, 1.807) is 30.4 Å². The standard InChI is InChI=1S/C25H25N3O4S/c1-2-31-24(29)21-18(26-25(30)27-22(21)19-9-6-13-32-19)15-28-12-10-20-17(11-14-33-20)23(28)16-7-4-3-5-8-16/h3-9,11,13-14,22-23H,2,10,12,15H2,1H3,(H2,26,27,30). The van der Waals surface area contributed by atoms with Crippen molar-refractivity contribution in [2.24, 2.45) is 0 Å². The molecule has 170 valence electrons. The van der Waals surface area contributed by atoms with Crippen molar-refractivity contribution < 1.29 is 18.7 Å². The second-order valence-corrected chi connectivity index (χ2v) is 8.99. The summed E-state index contributed by atoms with van der Waals surface area (Å²) < 4.78 is 10.9. The zero-order chi connectivity index (χ0) is 22.8. The number of carbonyl (C=O) groups is 2.